The predicted molar refractivity (Wildman–Crippen MR) is 91.4 cm³/mol. The average molecular weight is 355 g/mol. The SMILES string of the molecule is COCC(C)NC(=O)c1sc(COc2ccc(Cl)cc2)nc1C. The first-order valence-electron chi connectivity index (χ1n) is 7.14. The minimum Gasteiger partial charge on any atom is -0.486 e. The van der Waals surface area contributed by atoms with Gasteiger partial charge in [0.15, 0.2) is 0 Å². The lowest BCUT2D eigenvalue weighted by Gasteiger charge is -2.11. The molecule has 2 aromatic rings. The number of carbonyl (C=O) groups is 1. The van der Waals surface area contributed by atoms with Crippen molar-refractivity contribution in [2.45, 2.75) is 26.5 Å². The van der Waals surface area contributed by atoms with Crippen molar-refractivity contribution in [1.29, 1.82) is 0 Å². The summed E-state index contributed by atoms with van der Waals surface area (Å²) in [5, 5.41) is 4.29. The maximum absolute atomic E-state index is 12.2. The molecule has 0 bridgehead atoms. The van der Waals surface area contributed by atoms with Gasteiger partial charge in [0, 0.05) is 18.2 Å². The first-order chi connectivity index (χ1) is 11.0. The molecule has 0 spiro atoms. The molecule has 1 heterocycles. The standard InChI is InChI=1S/C16H19ClN2O3S/c1-10(8-21-3)18-16(20)15-11(2)19-14(23-15)9-22-13-6-4-12(17)5-7-13/h4-7,10H,8-9H2,1-3H3,(H,18,20). The molecule has 124 valence electrons. The van der Waals surface area contributed by atoms with Gasteiger partial charge in [-0.15, -0.1) is 11.3 Å². The Balaban J connectivity index is 1.97. The summed E-state index contributed by atoms with van der Waals surface area (Å²) in [7, 11) is 1.60. The molecule has 1 atom stereocenters. The zero-order valence-electron chi connectivity index (χ0n) is 13.3. The predicted octanol–water partition coefficient (Wildman–Crippen LogP) is 3.45. The Morgan fingerprint density at radius 2 is 2.09 bits per heavy atom. The molecule has 0 fully saturated rings. The molecule has 1 unspecified atom stereocenters. The Hall–Kier alpha value is -1.63. The number of methoxy groups -OCH3 is 1. The first kappa shape index (κ1) is 17.7. The highest BCUT2D eigenvalue weighted by Crippen LogP contribution is 2.21. The molecule has 7 heteroatoms. The van der Waals surface area contributed by atoms with Gasteiger partial charge in [0.25, 0.3) is 5.91 Å². The van der Waals surface area contributed by atoms with E-state index in [9.17, 15) is 4.79 Å². The number of aryl methyl sites for hydroxylation is 1. The highest BCUT2D eigenvalue weighted by molar-refractivity contribution is 7.13. The van der Waals surface area contributed by atoms with Gasteiger partial charge >= 0.3 is 0 Å². The summed E-state index contributed by atoms with van der Waals surface area (Å²) in [5.41, 5.74) is 0.701. The highest BCUT2D eigenvalue weighted by Gasteiger charge is 2.17. The van der Waals surface area contributed by atoms with Crippen LogP contribution < -0.4 is 10.1 Å². The Morgan fingerprint density at radius 3 is 2.74 bits per heavy atom. The van der Waals surface area contributed by atoms with E-state index in [1.807, 2.05) is 13.8 Å². The minimum atomic E-state index is -0.137. The third-order valence-electron chi connectivity index (χ3n) is 3.02. The van der Waals surface area contributed by atoms with E-state index in [1.165, 1.54) is 11.3 Å². The van der Waals surface area contributed by atoms with Crippen molar-refractivity contribution in [2.75, 3.05) is 13.7 Å². The Morgan fingerprint density at radius 1 is 1.39 bits per heavy atom. The molecule has 1 N–H and O–H groups in total. The number of rotatable bonds is 7. The van der Waals surface area contributed by atoms with Crippen molar-refractivity contribution in [3.63, 3.8) is 0 Å². The Labute approximate surface area is 144 Å². The van der Waals surface area contributed by atoms with Crippen molar-refractivity contribution in [3.05, 3.63) is 44.9 Å². The number of carbonyl (C=O) groups excluding carboxylic acids is 1. The van der Waals surface area contributed by atoms with E-state index in [-0.39, 0.29) is 11.9 Å². The maximum atomic E-state index is 12.2. The molecule has 5 nitrogen and oxygen atoms in total. The van der Waals surface area contributed by atoms with Crippen LogP contribution in [0.25, 0.3) is 0 Å². The normalized spacial score (nSPS) is 12.0. The van der Waals surface area contributed by atoms with Gasteiger partial charge < -0.3 is 14.8 Å². The molecule has 1 aromatic heterocycles. The van der Waals surface area contributed by atoms with Crippen LogP contribution in [0.5, 0.6) is 5.75 Å². The van der Waals surface area contributed by atoms with Crippen LogP contribution in [0.2, 0.25) is 5.02 Å². The molecule has 0 radical (unpaired) electrons. The zero-order valence-corrected chi connectivity index (χ0v) is 14.8. The number of thiazole rings is 1. The van der Waals surface area contributed by atoms with Crippen LogP contribution >= 0.6 is 22.9 Å². The Kier molecular flexibility index (Phi) is 6.38. The lowest BCUT2D eigenvalue weighted by Crippen LogP contribution is -2.35. The maximum Gasteiger partial charge on any atom is 0.263 e. The number of hydrogen-bond acceptors (Lipinski definition) is 5. The molecule has 0 saturated heterocycles. The molecule has 0 aliphatic carbocycles. The average Bonchev–Trinajstić information content (AvgIpc) is 2.88. The van der Waals surface area contributed by atoms with E-state index in [0.717, 1.165) is 5.01 Å². The smallest absolute Gasteiger partial charge is 0.263 e. The Bertz CT molecular complexity index is 658. The van der Waals surface area contributed by atoms with Crippen LogP contribution in [0, 0.1) is 6.92 Å². The largest absolute Gasteiger partial charge is 0.486 e. The van der Waals surface area contributed by atoms with E-state index in [4.69, 9.17) is 21.1 Å². The number of nitrogens with one attached hydrogen (secondary N) is 1. The van der Waals surface area contributed by atoms with Gasteiger partial charge in [-0.05, 0) is 38.1 Å². The molecular formula is C16H19ClN2O3S. The number of halogens is 1. The van der Waals surface area contributed by atoms with Gasteiger partial charge in [-0.1, -0.05) is 11.6 Å². The van der Waals surface area contributed by atoms with Crippen LogP contribution in [0.1, 0.15) is 27.3 Å². The molecule has 1 aromatic carbocycles. The molecular weight excluding hydrogens is 336 g/mol. The molecule has 1 amide bonds. The second-order valence-electron chi connectivity index (χ2n) is 5.09. The second kappa shape index (κ2) is 8.29. The lowest BCUT2D eigenvalue weighted by atomic mass is 10.3. The number of ether oxygens (including phenoxy) is 2. The van der Waals surface area contributed by atoms with Crippen LogP contribution in [0.15, 0.2) is 24.3 Å². The number of nitrogens with zero attached hydrogens (tertiary/aromatic N) is 1. The first-order valence-corrected chi connectivity index (χ1v) is 8.33. The van der Waals surface area contributed by atoms with Gasteiger partial charge in [0.1, 0.15) is 22.2 Å². The lowest BCUT2D eigenvalue weighted by molar-refractivity contribution is 0.0909. The van der Waals surface area contributed by atoms with Crippen molar-refractivity contribution >= 4 is 28.8 Å². The molecule has 0 aliphatic heterocycles. The van der Waals surface area contributed by atoms with E-state index < -0.39 is 0 Å². The summed E-state index contributed by atoms with van der Waals surface area (Å²) < 4.78 is 10.7. The van der Waals surface area contributed by atoms with Crippen molar-refractivity contribution in [2.24, 2.45) is 0 Å². The fourth-order valence-electron chi connectivity index (χ4n) is 1.98. The molecule has 0 saturated carbocycles. The summed E-state index contributed by atoms with van der Waals surface area (Å²) in [5.74, 6) is 0.573. The van der Waals surface area contributed by atoms with Crippen molar-refractivity contribution in [3.8, 4) is 5.75 Å². The van der Waals surface area contributed by atoms with Crippen LogP contribution in [-0.2, 0) is 11.3 Å². The molecule has 2 rings (SSSR count). The van der Waals surface area contributed by atoms with E-state index in [0.29, 0.717) is 34.6 Å². The van der Waals surface area contributed by atoms with Gasteiger partial charge in [0.2, 0.25) is 0 Å². The number of amides is 1. The van der Waals surface area contributed by atoms with Crippen LogP contribution in [0.4, 0.5) is 0 Å². The van der Waals surface area contributed by atoms with Crippen molar-refractivity contribution < 1.29 is 14.3 Å². The van der Waals surface area contributed by atoms with Gasteiger partial charge in [-0.2, -0.15) is 0 Å². The van der Waals surface area contributed by atoms with Crippen molar-refractivity contribution in [1.82, 2.24) is 10.3 Å². The number of hydrogen-bond donors (Lipinski definition) is 1. The van der Waals surface area contributed by atoms with Gasteiger partial charge in [-0.25, -0.2) is 4.98 Å². The van der Waals surface area contributed by atoms with E-state index in [1.54, 1.807) is 31.4 Å². The third kappa shape index (κ3) is 5.20. The van der Waals surface area contributed by atoms with Crippen LogP contribution in [0.3, 0.4) is 0 Å². The quantitative estimate of drug-likeness (QED) is 0.827. The van der Waals surface area contributed by atoms with Gasteiger partial charge in [-0.3, -0.25) is 4.79 Å². The summed E-state index contributed by atoms with van der Waals surface area (Å²) in [6, 6.07) is 7.06. The summed E-state index contributed by atoms with van der Waals surface area (Å²) >= 11 is 7.17. The van der Waals surface area contributed by atoms with Gasteiger partial charge in [0.05, 0.1) is 12.3 Å². The number of aromatic nitrogens is 1. The fourth-order valence-corrected chi connectivity index (χ4v) is 2.99. The zero-order chi connectivity index (χ0) is 16.8. The third-order valence-corrected chi connectivity index (χ3v) is 4.40. The molecule has 0 aliphatic rings. The van der Waals surface area contributed by atoms with E-state index >= 15 is 0 Å². The monoisotopic (exact) mass is 354 g/mol. The fraction of sp³-hybridized carbons (Fsp3) is 0.375. The van der Waals surface area contributed by atoms with Crippen LogP contribution in [-0.4, -0.2) is 30.6 Å². The topological polar surface area (TPSA) is 60.5 Å². The second-order valence-corrected chi connectivity index (χ2v) is 6.61. The minimum absolute atomic E-state index is 0.0530. The number of benzene rings is 1. The van der Waals surface area contributed by atoms with E-state index in [2.05, 4.69) is 10.3 Å². The summed E-state index contributed by atoms with van der Waals surface area (Å²) in [6.07, 6.45) is 0. The molecule has 23 heavy (non-hydrogen) atoms. The summed E-state index contributed by atoms with van der Waals surface area (Å²) in [6.45, 7) is 4.49. The highest BCUT2D eigenvalue weighted by atomic mass is 35.5. The summed E-state index contributed by atoms with van der Waals surface area (Å²) in [4.78, 5) is 17.2.